The summed E-state index contributed by atoms with van der Waals surface area (Å²) in [7, 11) is 0. The molecule has 0 aliphatic heterocycles. The van der Waals surface area contributed by atoms with Crippen LogP contribution in [-0.4, -0.2) is 5.78 Å². The highest BCUT2D eigenvalue weighted by Gasteiger charge is 2.38. The first-order chi connectivity index (χ1) is 8.57. The van der Waals surface area contributed by atoms with Crippen LogP contribution in [-0.2, 0) is 11.2 Å². The van der Waals surface area contributed by atoms with E-state index in [0.717, 1.165) is 32.1 Å². The lowest BCUT2D eigenvalue weighted by molar-refractivity contribution is -0.128. The summed E-state index contributed by atoms with van der Waals surface area (Å²) < 4.78 is 13.7. The van der Waals surface area contributed by atoms with Crippen molar-refractivity contribution in [1.29, 1.82) is 0 Å². The zero-order valence-corrected chi connectivity index (χ0v) is 11.4. The summed E-state index contributed by atoms with van der Waals surface area (Å²) >= 11 is 5.71. The summed E-state index contributed by atoms with van der Waals surface area (Å²) in [6.45, 7) is 2.06. The van der Waals surface area contributed by atoms with Crippen molar-refractivity contribution in [2.75, 3.05) is 0 Å². The summed E-state index contributed by atoms with van der Waals surface area (Å²) in [5.41, 5.74) is 0.260. The molecule has 0 atom stereocenters. The molecular weight excluding hydrogens is 251 g/mol. The molecule has 3 heteroatoms. The Labute approximate surface area is 112 Å². The average Bonchev–Trinajstić information content (AvgIpc) is 2.82. The van der Waals surface area contributed by atoms with Gasteiger partial charge in [-0.15, -0.1) is 0 Å². The third-order valence-electron chi connectivity index (χ3n) is 4.20. The second-order valence-electron chi connectivity index (χ2n) is 5.18. The van der Waals surface area contributed by atoms with Crippen molar-refractivity contribution >= 4 is 17.4 Å². The molecule has 2 rings (SSSR count). The van der Waals surface area contributed by atoms with Crippen LogP contribution < -0.4 is 0 Å². The van der Waals surface area contributed by atoms with E-state index in [1.165, 1.54) is 6.07 Å². The summed E-state index contributed by atoms with van der Waals surface area (Å²) in [6.07, 6.45) is 5.19. The van der Waals surface area contributed by atoms with E-state index in [4.69, 9.17) is 11.6 Å². The van der Waals surface area contributed by atoms with Gasteiger partial charge in [0.2, 0.25) is 0 Å². The fraction of sp³-hybridized carbons (Fsp3) is 0.533. The Morgan fingerprint density at radius 2 is 2.06 bits per heavy atom. The Morgan fingerprint density at radius 3 is 2.61 bits per heavy atom. The molecule has 0 amide bonds. The maximum absolute atomic E-state index is 13.7. The van der Waals surface area contributed by atoms with Gasteiger partial charge in [-0.3, -0.25) is 4.79 Å². The fourth-order valence-corrected chi connectivity index (χ4v) is 3.07. The molecule has 0 radical (unpaired) electrons. The lowest BCUT2D eigenvalue weighted by Gasteiger charge is -2.25. The van der Waals surface area contributed by atoms with Crippen molar-refractivity contribution in [3.8, 4) is 0 Å². The van der Waals surface area contributed by atoms with E-state index in [1.54, 1.807) is 12.1 Å². The number of benzene rings is 1. The van der Waals surface area contributed by atoms with Crippen molar-refractivity contribution in [3.63, 3.8) is 0 Å². The molecule has 18 heavy (non-hydrogen) atoms. The number of Topliss-reactive ketones (excluding diaryl/α,β-unsaturated/α-hetero) is 1. The minimum atomic E-state index is -0.375. The molecule has 0 bridgehead atoms. The molecule has 0 N–H and O–H groups in total. The van der Waals surface area contributed by atoms with Crippen LogP contribution in [0.1, 0.15) is 44.6 Å². The number of ketones is 1. The molecule has 1 aromatic carbocycles. The van der Waals surface area contributed by atoms with Gasteiger partial charge in [0.1, 0.15) is 11.6 Å². The van der Waals surface area contributed by atoms with Crippen LogP contribution >= 0.6 is 11.6 Å². The first-order valence-corrected chi connectivity index (χ1v) is 6.92. The van der Waals surface area contributed by atoms with Gasteiger partial charge in [-0.2, -0.15) is 0 Å². The summed E-state index contributed by atoms with van der Waals surface area (Å²) in [5.74, 6) is -0.191. The van der Waals surface area contributed by atoms with Gasteiger partial charge >= 0.3 is 0 Å². The van der Waals surface area contributed by atoms with Gasteiger partial charge in [-0.05, 0) is 37.0 Å². The minimum Gasteiger partial charge on any atom is -0.299 e. The average molecular weight is 269 g/mol. The molecule has 1 fully saturated rings. The second-order valence-corrected chi connectivity index (χ2v) is 5.61. The van der Waals surface area contributed by atoms with E-state index in [-0.39, 0.29) is 23.4 Å². The molecule has 0 heterocycles. The highest BCUT2D eigenvalue weighted by atomic mass is 35.5. The highest BCUT2D eigenvalue weighted by molar-refractivity contribution is 6.30. The number of rotatable bonds is 4. The SMILES string of the molecule is CCC1(C(=O)Cc2ccc(Cl)cc2F)CCCC1. The predicted molar refractivity (Wildman–Crippen MR) is 71.3 cm³/mol. The quantitative estimate of drug-likeness (QED) is 0.782. The lowest BCUT2D eigenvalue weighted by Crippen LogP contribution is -2.29. The van der Waals surface area contributed by atoms with Crippen LogP contribution in [0, 0.1) is 11.2 Å². The second kappa shape index (κ2) is 5.40. The predicted octanol–water partition coefficient (Wildman–Crippen LogP) is 4.56. The molecule has 0 aromatic heterocycles. The number of carbonyl (C=O) groups excluding carboxylic acids is 1. The van der Waals surface area contributed by atoms with Crippen LogP contribution in [0.5, 0.6) is 0 Å². The molecule has 0 unspecified atom stereocenters. The van der Waals surface area contributed by atoms with E-state index in [2.05, 4.69) is 6.92 Å². The fourth-order valence-electron chi connectivity index (χ4n) is 2.91. The molecular formula is C15H18ClFO. The van der Waals surface area contributed by atoms with Gasteiger partial charge < -0.3 is 0 Å². The van der Waals surface area contributed by atoms with Gasteiger partial charge in [-0.25, -0.2) is 4.39 Å². The molecule has 0 saturated heterocycles. The number of halogens is 2. The Balaban J connectivity index is 2.15. The summed E-state index contributed by atoms with van der Waals surface area (Å²) in [5, 5.41) is 0.370. The Bertz CT molecular complexity index is 450. The number of carbonyl (C=O) groups is 1. The molecule has 1 saturated carbocycles. The van der Waals surface area contributed by atoms with Crippen LogP contribution in [0.25, 0.3) is 0 Å². The van der Waals surface area contributed by atoms with Crippen LogP contribution in [0.15, 0.2) is 18.2 Å². The Morgan fingerprint density at radius 1 is 1.39 bits per heavy atom. The molecule has 98 valence electrons. The lowest BCUT2D eigenvalue weighted by atomic mass is 9.77. The van der Waals surface area contributed by atoms with Crippen molar-refractivity contribution < 1.29 is 9.18 Å². The summed E-state index contributed by atoms with van der Waals surface area (Å²) in [6, 6.07) is 4.53. The largest absolute Gasteiger partial charge is 0.299 e. The van der Waals surface area contributed by atoms with Crippen molar-refractivity contribution in [2.24, 2.45) is 5.41 Å². The monoisotopic (exact) mass is 268 g/mol. The molecule has 1 aromatic rings. The van der Waals surface area contributed by atoms with Gasteiger partial charge in [0, 0.05) is 16.9 Å². The maximum atomic E-state index is 13.7. The number of hydrogen-bond donors (Lipinski definition) is 0. The van der Waals surface area contributed by atoms with E-state index in [1.807, 2.05) is 0 Å². The summed E-state index contributed by atoms with van der Waals surface area (Å²) in [4.78, 5) is 12.4. The third-order valence-corrected chi connectivity index (χ3v) is 4.43. The Kier molecular flexibility index (Phi) is 4.06. The molecule has 0 spiro atoms. The van der Waals surface area contributed by atoms with E-state index in [9.17, 15) is 9.18 Å². The van der Waals surface area contributed by atoms with E-state index in [0.29, 0.717) is 10.6 Å². The van der Waals surface area contributed by atoms with E-state index < -0.39 is 0 Å². The third kappa shape index (κ3) is 2.59. The molecule has 1 nitrogen and oxygen atoms in total. The van der Waals surface area contributed by atoms with Gasteiger partial charge in [-0.1, -0.05) is 37.4 Å². The van der Waals surface area contributed by atoms with Gasteiger partial charge in [0.15, 0.2) is 0 Å². The van der Waals surface area contributed by atoms with Gasteiger partial charge in [0.25, 0.3) is 0 Å². The highest BCUT2D eigenvalue weighted by Crippen LogP contribution is 2.42. The van der Waals surface area contributed by atoms with Crippen LogP contribution in [0.4, 0.5) is 4.39 Å². The normalized spacial score (nSPS) is 17.9. The zero-order chi connectivity index (χ0) is 13.2. The first kappa shape index (κ1) is 13.5. The standard InChI is InChI=1S/C15H18ClFO/c1-2-15(7-3-4-8-15)14(18)9-11-5-6-12(16)10-13(11)17/h5-6,10H,2-4,7-9H2,1H3. The van der Waals surface area contributed by atoms with Crippen molar-refractivity contribution in [3.05, 3.63) is 34.6 Å². The minimum absolute atomic E-state index is 0.184. The zero-order valence-electron chi connectivity index (χ0n) is 10.6. The van der Waals surface area contributed by atoms with Crippen LogP contribution in [0.3, 0.4) is 0 Å². The molecule has 1 aliphatic carbocycles. The Hall–Kier alpha value is -0.890. The topological polar surface area (TPSA) is 17.1 Å². The van der Waals surface area contributed by atoms with Crippen molar-refractivity contribution in [1.82, 2.24) is 0 Å². The number of hydrogen-bond acceptors (Lipinski definition) is 1. The smallest absolute Gasteiger partial charge is 0.143 e. The maximum Gasteiger partial charge on any atom is 0.143 e. The van der Waals surface area contributed by atoms with Crippen LogP contribution in [0.2, 0.25) is 5.02 Å². The van der Waals surface area contributed by atoms with Gasteiger partial charge in [0.05, 0.1) is 0 Å². The molecule has 1 aliphatic rings. The van der Waals surface area contributed by atoms with Crippen molar-refractivity contribution in [2.45, 2.75) is 45.4 Å². The first-order valence-electron chi connectivity index (χ1n) is 6.54. The van der Waals surface area contributed by atoms with E-state index >= 15 is 0 Å².